The molecule has 2 atom stereocenters. The second-order valence-corrected chi connectivity index (χ2v) is 5.41. The lowest BCUT2D eigenvalue weighted by molar-refractivity contribution is -0.152. The Morgan fingerprint density at radius 2 is 1.86 bits per heavy atom. The first-order valence-corrected chi connectivity index (χ1v) is 7.17. The van der Waals surface area contributed by atoms with Crippen LogP contribution in [0.3, 0.4) is 0 Å². The molecule has 0 saturated carbocycles. The van der Waals surface area contributed by atoms with Gasteiger partial charge >= 0.3 is 12.1 Å². The molecule has 1 rings (SSSR count). The third-order valence-corrected chi connectivity index (χ3v) is 3.07. The van der Waals surface area contributed by atoms with Crippen LogP contribution < -0.4 is 5.32 Å². The highest BCUT2D eigenvalue weighted by molar-refractivity contribution is 5.76. The molecule has 1 amide bonds. The zero-order chi connectivity index (χ0) is 16.5. The van der Waals surface area contributed by atoms with Gasteiger partial charge in [0.05, 0.1) is 13.2 Å². The molecule has 6 nitrogen and oxygen atoms in total. The molecular formula is C16H23NO5. The maximum absolute atomic E-state index is 11.8. The number of esters is 1. The largest absolute Gasteiger partial charge is 0.467 e. The van der Waals surface area contributed by atoms with E-state index < -0.39 is 24.2 Å². The van der Waals surface area contributed by atoms with E-state index in [2.05, 4.69) is 10.1 Å². The third kappa shape index (κ3) is 6.13. The molecule has 122 valence electrons. The molecule has 1 aromatic rings. The van der Waals surface area contributed by atoms with Gasteiger partial charge in [-0.15, -0.1) is 0 Å². The Bertz CT molecular complexity index is 475. The van der Waals surface area contributed by atoms with E-state index >= 15 is 0 Å². The molecule has 0 heterocycles. The number of nitrogens with one attached hydrogen (secondary N) is 1. The molecule has 2 N–H and O–H groups in total. The van der Waals surface area contributed by atoms with Gasteiger partial charge in [-0.3, -0.25) is 0 Å². The number of ether oxygens (including phenoxy) is 2. The average Bonchev–Trinajstić information content (AvgIpc) is 2.51. The summed E-state index contributed by atoms with van der Waals surface area (Å²) in [6.07, 6.45) is -1.68. The van der Waals surface area contributed by atoms with Gasteiger partial charge in [0.2, 0.25) is 0 Å². The number of carbonyl (C=O) groups is 2. The predicted molar refractivity (Wildman–Crippen MR) is 81.0 cm³/mol. The first-order chi connectivity index (χ1) is 10.4. The minimum atomic E-state index is -1.42. The van der Waals surface area contributed by atoms with Crippen LogP contribution in [0.1, 0.15) is 25.8 Å². The van der Waals surface area contributed by atoms with Crippen LogP contribution in [-0.2, 0) is 20.9 Å². The highest BCUT2D eigenvalue weighted by Gasteiger charge is 2.29. The lowest BCUT2D eigenvalue weighted by Gasteiger charge is -2.23. The predicted octanol–water partition coefficient (Wildman–Crippen LogP) is 1.86. The fourth-order valence-electron chi connectivity index (χ4n) is 1.98. The molecule has 0 aliphatic rings. The summed E-state index contributed by atoms with van der Waals surface area (Å²) in [6.45, 7) is 3.97. The quantitative estimate of drug-likeness (QED) is 0.751. The number of aliphatic hydroxyl groups excluding tert-OH is 1. The summed E-state index contributed by atoms with van der Waals surface area (Å²) < 4.78 is 9.59. The van der Waals surface area contributed by atoms with E-state index in [0.717, 1.165) is 5.56 Å². The van der Waals surface area contributed by atoms with Gasteiger partial charge < -0.3 is 19.9 Å². The van der Waals surface area contributed by atoms with Gasteiger partial charge in [-0.05, 0) is 17.9 Å². The number of carbonyl (C=O) groups excluding carboxylic acids is 2. The third-order valence-electron chi connectivity index (χ3n) is 3.07. The minimum absolute atomic E-state index is 0.120. The van der Waals surface area contributed by atoms with Gasteiger partial charge in [0.15, 0.2) is 6.10 Å². The van der Waals surface area contributed by atoms with E-state index in [1.165, 1.54) is 7.11 Å². The van der Waals surface area contributed by atoms with Gasteiger partial charge in [0.1, 0.15) is 6.61 Å². The number of aliphatic hydroxyl groups is 1. The van der Waals surface area contributed by atoms with Crippen LogP contribution in [0.15, 0.2) is 30.3 Å². The average molecular weight is 309 g/mol. The Morgan fingerprint density at radius 3 is 2.41 bits per heavy atom. The smallest absolute Gasteiger partial charge is 0.407 e. The summed E-state index contributed by atoms with van der Waals surface area (Å²) in [5, 5.41) is 12.4. The molecule has 0 radical (unpaired) electrons. The number of amides is 1. The van der Waals surface area contributed by atoms with Crippen molar-refractivity contribution >= 4 is 12.1 Å². The van der Waals surface area contributed by atoms with Gasteiger partial charge in [0.25, 0.3) is 0 Å². The molecule has 0 saturated heterocycles. The van der Waals surface area contributed by atoms with Crippen LogP contribution in [-0.4, -0.2) is 36.4 Å². The van der Waals surface area contributed by atoms with Crippen molar-refractivity contribution in [2.24, 2.45) is 5.92 Å². The molecule has 0 spiro atoms. The lowest BCUT2D eigenvalue weighted by atomic mass is 9.99. The van der Waals surface area contributed by atoms with Crippen LogP contribution in [0.25, 0.3) is 0 Å². The first kappa shape index (κ1) is 18.0. The molecule has 0 aliphatic heterocycles. The Kier molecular flexibility index (Phi) is 7.39. The summed E-state index contributed by atoms with van der Waals surface area (Å²) in [5.74, 6) is -0.604. The van der Waals surface area contributed by atoms with Gasteiger partial charge in [0, 0.05) is 0 Å². The normalized spacial score (nSPS) is 13.3. The molecule has 6 heteroatoms. The molecule has 1 unspecified atom stereocenters. The van der Waals surface area contributed by atoms with E-state index in [4.69, 9.17) is 4.74 Å². The van der Waals surface area contributed by atoms with Crippen molar-refractivity contribution in [1.82, 2.24) is 5.32 Å². The summed E-state index contributed by atoms with van der Waals surface area (Å²) in [4.78, 5) is 23.3. The van der Waals surface area contributed by atoms with Crippen molar-refractivity contribution in [3.05, 3.63) is 35.9 Å². The van der Waals surface area contributed by atoms with Crippen molar-refractivity contribution in [3.63, 3.8) is 0 Å². The van der Waals surface area contributed by atoms with E-state index in [1.807, 2.05) is 44.2 Å². The van der Waals surface area contributed by atoms with Crippen molar-refractivity contribution in [2.45, 2.75) is 39.0 Å². The highest BCUT2D eigenvalue weighted by atomic mass is 16.6. The van der Waals surface area contributed by atoms with Crippen molar-refractivity contribution < 1.29 is 24.2 Å². The van der Waals surface area contributed by atoms with Gasteiger partial charge in [-0.25, -0.2) is 9.59 Å². The van der Waals surface area contributed by atoms with Crippen LogP contribution in [0.4, 0.5) is 4.79 Å². The minimum Gasteiger partial charge on any atom is -0.467 e. The van der Waals surface area contributed by atoms with E-state index in [-0.39, 0.29) is 12.5 Å². The number of rotatable bonds is 7. The Hall–Kier alpha value is -2.08. The van der Waals surface area contributed by atoms with Crippen LogP contribution >= 0.6 is 0 Å². The fraction of sp³-hybridized carbons (Fsp3) is 0.500. The monoisotopic (exact) mass is 309 g/mol. The molecule has 0 aromatic heterocycles. The van der Waals surface area contributed by atoms with Crippen molar-refractivity contribution in [1.29, 1.82) is 0 Å². The van der Waals surface area contributed by atoms with Crippen LogP contribution in [0.5, 0.6) is 0 Å². The van der Waals surface area contributed by atoms with Crippen LogP contribution in [0.2, 0.25) is 0 Å². The lowest BCUT2D eigenvalue weighted by Crippen LogP contribution is -2.48. The molecule has 0 fully saturated rings. The second-order valence-electron chi connectivity index (χ2n) is 5.41. The maximum atomic E-state index is 11.8. The summed E-state index contributed by atoms with van der Waals surface area (Å²) >= 11 is 0. The highest BCUT2D eigenvalue weighted by Crippen LogP contribution is 2.10. The standard InChI is InChI=1S/C16H23NO5/c1-11(2)9-13(14(18)15(19)21-3)17-16(20)22-10-12-7-5-4-6-8-12/h4-8,11,13-14,18H,9-10H2,1-3H3,(H,17,20)/t13-,14?/m0/s1. The van der Waals surface area contributed by atoms with E-state index in [1.54, 1.807) is 0 Å². The summed E-state index contributed by atoms with van der Waals surface area (Å²) in [7, 11) is 1.19. The number of hydrogen-bond acceptors (Lipinski definition) is 5. The number of benzene rings is 1. The maximum Gasteiger partial charge on any atom is 0.407 e. The Labute approximate surface area is 130 Å². The van der Waals surface area contributed by atoms with Crippen molar-refractivity contribution in [2.75, 3.05) is 7.11 Å². The van der Waals surface area contributed by atoms with Crippen molar-refractivity contribution in [3.8, 4) is 0 Å². The second kappa shape index (κ2) is 9.04. The molecule has 0 aliphatic carbocycles. The summed E-state index contributed by atoms with van der Waals surface area (Å²) in [5.41, 5.74) is 0.853. The molecule has 0 bridgehead atoms. The Morgan fingerprint density at radius 1 is 1.23 bits per heavy atom. The fourth-order valence-corrected chi connectivity index (χ4v) is 1.98. The van der Waals surface area contributed by atoms with Gasteiger partial charge in [-0.1, -0.05) is 44.2 Å². The van der Waals surface area contributed by atoms with E-state index in [0.29, 0.717) is 6.42 Å². The zero-order valence-electron chi connectivity index (χ0n) is 13.1. The zero-order valence-corrected chi connectivity index (χ0v) is 13.1. The number of alkyl carbamates (subject to hydrolysis) is 1. The van der Waals surface area contributed by atoms with E-state index in [9.17, 15) is 14.7 Å². The molecular weight excluding hydrogens is 286 g/mol. The number of hydrogen-bond donors (Lipinski definition) is 2. The van der Waals surface area contributed by atoms with Crippen LogP contribution in [0, 0.1) is 5.92 Å². The number of methoxy groups -OCH3 is 1. The first-order valence-electron chi connectivity index (χ1n) is 7.17. The topological polar surface area (TPSA) is 84.9 Å². The summed E-state index contributed by atoms with van der Waals surface area (Å²) in [6, 6.07) is 8.48. The molecule has 1 aromatic carbocycles. The SMILES string of the molecule is COC(=O)C(O)[C@H](CC(C)C)NC(=O)OCc1ccccc1. The van der Waals surface area contributed by atoms with Gasteiger partial charge in [-0.2, -0.15) is 0 Å². The Balaban J connectivity index is 2.56. The molecule has 22 heavy (non-hydrogen) atoms.